The van der Waals surface area contributed by atoms with Gasteiger partial charge in [0, 0.05) is 11.8 Å². The number of nitrogens with one attached hydrogen (secondary N) is 2. The number of aromatic nitrogens is 1. The number of pyridine rings is 1. The van der Waals surface area contributed by atoms with E-state index in [2.05, 4.69) is 10.3 Å². The lowest BCUT2D eigenvalue weighted by Crippen LogP contribution is -2.20. The standard InChI is InChI=1S/C8H12N2OS/c1-9-7(5-11)6-3-2-4-10-8(6)12/h2-4,7,9,11H,5H2,1H3,(H,10,12). The number of aromatic amines is 1. The number of rotatable bonds is 3. The van der Waals surface area contributed by atoms with Gasteiger partial charge in [0.15, 0.2) is 0 Å². The molecule has 1 aromatic heterocycles. The molecule has 1 unspecified atom stereocenters. The van der Waals surface area contributed by atoms with Crippen molar-refractivity contribution in [2.75, 3.05) is 13.7 Å². The van der Waals surface area contributed by atoms with Gasteiger partial charge in [-0.3, -0.25) is 0 Å². The zero-order chi connectivity index (χ0) is 8.97. The number of aliphatic hydroxyl groups excluding tert-OH is 1. The second-order valence-corrected chi connectivity index (χ2v) is 2.89. The Kier molecular flexibility index (Phi) is 3.40. The van der Waals surface area contributed by atoms with Gasteiger partial charge in [-0.2, -0.15) is 0 Å². The molecule has 0 amide bonds. The zero-order valence-electron chi connectivity index (χ0n) is 6.87. The molecule has 0 aliphatic rings. The van der Waals surface area contributed by atoms with Gasteiger partial charge in [-0.05, 0) is 13.1 Å². The fraction of sp³-hybridized carbons (Fsp3) is 0.375. The Bertz CT molecular complexity index is 293. The summed E-state index contributed by atoms with van der Waals surface area (Å²) in [5, 5.41) is 12.0. The molecule has 1 rings (SSSR count). The summed E-state index contributed by atoms with van der Waals surface area (Å²) in [6.07, 6.45) is 1.77. The second-order valence-electron chi connectivity index (χ2n) is 2.48. The van der Waals surface area contributed by atoms with E-state index >= 15 is 0 Å². The minimum absolute atomic E-state index is 0.0536. The molecular formula is C8H12N2OS. The molecule has 0 saturated carbocycles. The number of hydrogen-bond acceptors (Lipinski definition) is 3. The fourth-order valence-electron chi connectivity index (χ4n) is 1.05. The highest BCUT2D eigenvalue weighted by atomic mass is 32.1. The third-order valence-electron chi connectivity index (χ3n) is 1.76. The lowest BCUT2D eigenvalue weighted by Gasteiger charge is -2.12. The molecule has 1 aromatic rings. The number of hydrogen-bond donors (Lipinski definition) is 3. The van der Waals surface area contributed by atoms with Crippen LogP contribution in [0.1, 0.15) is 11.6 Å². The third-order valence-corrected chi connectivity index (χ3v) is 2.11. The van der Waals surface area contributed by atoms with Crippen molar-refractivity contribution >= 4 is 12.2 Å². The molecule has 0 aliphatic carbocycles. The summed E-state index contributed by atoms with van der Waals surface area (Å²) in [7, 11) is 1.79. The van der Waals surface area contributed by atoms with Gasteiger partial charge in [0.2, 0.25) is 0 Å². The van der Waals surface area contributed by atoms with Crippen molar-refractivity contribution in [2.24, 2.45) is 0 Å². The van der Waals surface area contributed by atoms with Crippen molar-refractivity contribution < 1.29 is 5.11 Å². The highest BCUT2D eigenvalue weighted by Crippen LogP contribution is 2.10. The van der Waals surface area contributed by atoms with Gasteiger partial charge in [0.1, 0.15) is 4.64 Å². The smallest absolute Gasteiger partial charge is 0.108 e. The first-order valence-electron chi connectivity index (χ1n) is 3.75. The number of aliphatic hydroxyl groups is 1. The van der Waals surface area contributed by atoms with E-state index in [9.17, 15) is 0 Å². The average Bonchev–Trinajstić information content (AvgIpc) is 2.10. The molecule has 0 saturated heterocycles. The topological polar surface area (TPSA) is 48.0 Å². The highest BCUT2D eigenvalue weighted by Gasteiger charge is 2.07. The largest absolute Gasteiger partial charge is 0.394 e. The summed E-state index contributed by atoms with van der Waals surface area (Å²) in [6, 6.07) is 3.69. The van der Waals surface area contributed by atoms with Crippen LogP contribution in [-0.4, -0.2) is 23.7 Å². The van der Waals surface area contributed by atoms with Crippen LogP contribution in [0.3, 0.4) is 0 Å². The molecule has 0 aliphatic heterocycles. The lowest BCUT2D eigenvalue weighted by atomic mass is 10.1. The Morgan fingerprint density at radius 1 is 1.75 bits per heavy atom. The molecule has 0 fully saturated rings. The van der Waals surface area contributed by atoms with Gasteiger partial charge in [-0.1, -0.05) is 18.3 Å². The van der Waals surface area contributed by atoms with Crippen LogP contribution in [0.2, 0.25) is 0 Å². The Labute approximate surface area is 76.4 Å². The van der Waals surface area contributed by atoms with Crippen molar-refractivity contribution in [3.63, 3.8) is 0 Å². The Morgan fingerprint density at radius 2 is 2.50 bits per heavy atom. The van der Waals surface area contributed by atoms with Crippen LogP contribution in [0.15, 0.2) is 18.3 Å². The van der Waals surface area contributed by atoms with Gasteiger partial charge >= 0.3 is 0 Å². The maximum Gasteiger partial charge on any atom is 0.108 e. The van der Waals surface area contributed by atoms with E-state index in [1.165, 1.54) is 0 Å². The van der Waals surface area contributed by atoms with Gasteiger partial charge in [-0.15, -0.1) is 0 Å². The van der Waals surface area contributed by atoms with E-state index in [0.29, 0.717) is 4.64 Å². The first kappa shape index (κ1) is 9.38. The number of likely N-dealkylation sites (N-methyl/N-ethyl adjacent to an activating group) is 1. The molecule has 12 heavy (non-hydrogen) atoms. The lowest BCUT2D eigenvalue weighted by molar-refractivity contribution is 0.250. The van der Waals surface area contributed by atoms with Gasteiger partial charge < -0.3 is 15.4 Å². The minimum Gasteiger partial charge on any atom is -0.394 e. The van der Waals surface area contributed by atoms with E-state index < -0.39 is 0 Å². The Morgan fingerprint density at radius 3 is 3.00 bits per heavy atom. The van der Waals surface area contributed by atoms with Gasteiger partial charge in [0.05, 0.1) is 12.6 Å². The Hall–Kier alpha value is -0.710. The molecule has 0 radical (unpaired) electrons. The van der Waals surface area contributed by atoms with Crippen molar-refractivity contribution in [2.45, 2.75) is 6.04 Å². The molecule has 1 heterocycles. The summed E-state index contributed by atoms with van der Waals surface area (Å²) < 4.78 is 0.672. The number of H-pyrrole nitrogens is 1. The summed E-state index contributed by atoms with van der Waals surface area (Å²) in [6.45, 7) is 0.0536. The maximum absolute atomic E-state index is 8.98. The summed E-state index contributed by atoms with van der Waals surface area (Å²) in [5.41, 5.74) is 0.928. The van der Waals surface area contributed by atoms with Crippen molar-refractivity contribution in [1.82, 2.24) is 10.3 Å². The molecule has 1 atom stereocenters. The van der Waals surface area contributed by atoms with E-state index in [4.69, 9.17) is 17.3 Å². The van der Waals surface area contributed by atoms with Gasteiger partial charge in [-0.25, -0.2) is 0 Å². The molecule has 0 aromatic carbocycles. The van der Waals surface area contributed by atoms with E-state index in [-0.39, 0.29) is 12.6 Å². The van der Waals surface area contributed by atoms with Crippen molar-refractivity contribution in [3.8, 4) is 0 Å². The van der Waals surface area contributed by atoms with Crippen LogP contribution in [0.4, 0.5) is 0 Å². The van der Waals surface area contributed by atoms with Crippen LogP contribution in [0.5, 0.6) is 0 Å². The van der Waals surface area contributed by atoms with Gasteiger partial charge in [0.25, 0.3) is 0 Å². The predicted molar refractivity (Wildman–Crippen MR) is 50.5 cm³/mol. The average molecular weight is 184 g/mol. The molecular weight excluding hydrogens is 172 g/mol. The van der Waals surface area contributed by atoms with E-state index in [1.807, 2.05) is 12.1 Å². The maximum atomic E-state index is 8.98. The normalized spacial score (nSPS) is 12.8. The van der Waals surface area contributed by atoms with Crippen LogP contribution in [-0.2, 0) is 0 Å². The van der Waals surface area contributed by atoms with E-state index in [0.717, 1.165) is 5.56 Å². The quantitative estimate of drug-likeness (QED) is 0.614. The van der Waals surface area contributed by atoms with Crippen LogP contribution in [0.25, 0.3) is 0 Å². The fourth-order valence-corrected chi connectivity index (χ4v) is 1.33. The molecule has 3 nitrogen and oxygen atoms in total. The van der Waals surface area contributed by atoms with E-state index in [1.54, 1.807) is 13.2 Å². The van der Waals surface area contributed by atoms with Crippen molar-refractivity contribution in [3.05, 3.63) is 28.5 Å². The van der Waals surface area contributed by atoms with Crippen molar-refractivity contribution in [1.29, 1.82) is 0 Å². The minimum atomic E-state index is -0.0741. The highest BCUT2D eigenvalue weighted by molar-refractivity contribution is 7.71. The summed E-state index contributed by atoms with van der Waals surface area (Å²) in [5.74, 6) is 0. The van der Waals surface area contributed by atoms with Crippen LogP contribution >= 0.6 is 12.2 Å². The molecule has 3 N–H and O–H groups in total. The predicted octanol–water partition coefficient (Wildman–Crippen LogP) is 0.997. The molecule has 0 spiro atoms. The third kappa shape index (κ3) is 1.91. The van der Waals surface area contributed by atoms with Crippen LogP contribution in [0, 0.1) is 4.64 Å². The zero-order valence-corrected chi connectivity index (χ0v) is 7.69. The molecule has 0 bridgehead atoms. The first-order valence-corrected chi connectivity index (χ1v) is 4.16. The Balaban J connectivity index is 3.00. The second kappa shape index (κ2) is 4.35. The first-order chi connectivity index (χ1) is 5.79. The molecule has 4 heteroatoms. The molecule has 66 valence electrons. The summed E-state index contributed by atoms with van der Waals surface area (Å²) in [4.78, 5) is 2.91. The summed E-state index contributed by atoms with van der Waals surface area (Å²) >= 11 is 5.05. The van der Waals surface area contributed by atoms with Crippen LogP contribution < -0.4 is 5.32 Å². The SMILES string of the molecule is CNC(CO)c1ccc[nH]c1=S. The monoisotopic (exact) mass is 184 g/mol.